The van der Waals surface area contributed by atoms with E-state index >= 15 is 8.78 Å². The minimum absolute atomic E-state index is 0.0326. The number of halogens is 12. The van der Waals surface area contributed by atoms with Crippen LogP contribution in [0.5, 0.6) is 0 Å². The Labute approximate surface area is 534 Å². The highest BCUT2D eigenvalue weighted by Gasteiger charge is 2.79. The van der Waals surface area contributed by atoms with Gasteiger partial charge in [-0.25, -0.2) is 17.6 Å². The third-order valence-electron chi connectivity index (χ3n) is 19.8. The van der Waals surface area contributed by atoms with Crippen LogP contribution >= 0.6 is 46.4 Å². The molecule has 4 spiro atoms. The summed E-state index contributed by atoms with van der Waals surface area (Å²) in [4.78, 5) is 63.9. The third kappa shape index (κ3) is 11.7. The van der Waals surface area contributed by atoms with Gasteiger partial charge in [0, 0.05) is 92.7 Å². The van der Waals surface area contributed by atoms with Crippen molar-refractivity contribution in [1.29, 1.82) is 0 Å². The van der Waals surface area contributed by atoms with Crippen molar-refractivity contribution < 1.29 is 73.7 Å². The first-order valence-electron chi connectivity index (χ1n) is 29.7. The van der Waals surface area contributed by atoms with Crippen molar-refractivity contribution in [1.82, 2.24) is 21.3 Å². The van der Waals surface area contributed by atoms with Crippen LogP contribution in [0.1, 0.15) is 91.9 Å². The molecule has 90 heavy (non-hydrogen) atoms. The molecule has 10 atom stereocenters. The van der Waals surface area contributed by atoms with E-state index in [0.29, 0.717) is 53.7 Å². The normalized spacial score (nSPS) is 29.1. The zero-order valence-corrected chi connectivity index (χ0v) is 51.6. The van der Waals surface area contributed by atoms with Crippen LogP contribution in [-0.4, -0.2) is 149 Å². The molecule has 6 aliphatic heterocycles. The second-order valence-electron chi connectivity index (χ2n) is 25.3. The highest BCUT2D eigenvalue weighted by atomic mass is 35.5. The summed E-state index contributed by atoms with van der Waals surface area (Å²) in [6.45, 7) is -4.01. The average Bonchev–Trinajstić information content (AvgIpc) is 1.49. The molecule has 2 saturated carbocycles. The third-order valence-corrected chi connectivity index (χ3v) is 20.9. The van der Waals surface area contributed by atoms with Crippen molar-refractivity contribution in [3.8, 4) is 0 Å². The van der Waals surface area contributed by atoms with Crippen LogP contribution in [0.25, 0.3) is 0 Å². The SMILES string of the molecule is N[C@@H]1CC[C@@H](C(=O)NCCF)OC1.O=C(NCCF)[C@@H]1CC[C@@H](CC(=O)[C@@H]2NC3(CC(CF)(CF)C3)[C@@]3(CNc4cc(Cl)ccc43)[C@H]2c2cccc(Cl)c2F)CO1.O=C(O)[C@@H]1NC2(CC(CF)(CF)C2)[C@@]2(C(=O)Nc3cc(Cl)ccc32)[C@H]1c1cccc(Cl)c1F. The summed E-state index contributed by atoms with van der Waals surface area (Å²) in [6, 6.07) is 16.7. The molecule has 0 aromatic heterocycles. The summed E-state index contributed by atoms with van der Waals surface area (Å²) in [5.74, 6) is -6.37. The maximum absolute atomic E-state index is 16.0. The number of alkyl halides is 6. The number of hydrogen-bond acceptors (Lipinski definition) is 11. The molecule has 0 bridgehead atoms. The summed E-state index contributed by atoms with van der Waals surface area (Å²) >= 11 is 24.8. The van der Waals surface area contributed by atoms with Crippen molar-refractivity contribution in [2.45, 2.75) is 122 Å². The first-order valence-corrected chi connectivity index (χ1v) is 31.3. The van der Waals surface area contributed by atoms with Gasteiger partial charge >= 0.3 is 5.97 Å². The molecule has 0 radical (unpaired) electrons. The van der Waals surface area contributed by atoms with Gasteiger partial charge in [0.05, 0.1) is 56.0 Å². The molecule has 12 rings (SSSR count). The van der Waals surface area contributed by atoms with Crippen LogP contribution in [0.3, 0.4) is 0 Å². The topological polar surface area (TPSA) is 222 Å². The predicted octanol–water partition coefficient (Wildman–Crippen LogP) is 10.0. The number of hydrogen-bond donors (Lipinski definition) is 8. The van der Waals surface area contributed by atoms with E-state index in [4.69, 9.17) is 61.6 Å². The monoisotopic (exact) mass is 1340 g/mol. The summed E-state index contributed by atoms with van der Waals surface area (Å²) in [5, 5.41) is 28.3. The fourth-order valence-electron chi connectivity index (χ4n) is 16.0. The van der Waals surface area contributed by atoms with Crippen LogP contribution in [0.4, 0.5) is 46.5 Å². The summed E-state index contributed by atoms with van der Waals surface area (Å²) in [6.07, 6.45) is 1.25. The van der Waals surface area contributed by atoms with Crippen molar-refractivity contribution >= 4 is 87.3 Å². The zero-order chi connectivity index (χ0) is 64.7. The number of benzene rings is 4. The Morgan fingerprint density at radius 2 is 1.14 bits per heavy atom. The number of nitrogens with one attached hydrogen (secondary N) is 6. The van der Waals surface area contributed by atoms with Crippen molar-refractivity contribution in [2.75, 3.05) is 83.5 Å². The largest absolute Gasteiger partial charge is 0.480 e. The molecule has 0 unspecified atom stereocenters. The minimum Gasteiger partial charge on any atom is -0.480 e. The van der Waals surface area contributed by atoms with Gasteiger partial charge in [-0.05, 0) is 116 Å². The average molecular weight is 1350 g/mol. The number of carboxylic acids is 1. The molecule has 4 aromatic carbocycles. The number of amides is 3. The standard InChI is InChI=1S/C32H35Cl2F4N3O3.C23H19Cl2F3N2O3.C8H15FN2O2/c33-19-5-6-21-23(11-19)40-17-32(21)26(20-2-1-3-22(34)27(20)38)28(41-31(32)13-30(14-31,15-36)16-37)24(42)10-18-4-7-25(44-12-18)29(43)39-9-8-35;24-11-4-5-13-15(6-11)29-20(33)23(13)16(12-2-1-3-14(25)17(12)28)18(19(31)32)30-22(23)7-21(8-22,9-26)10-27;9-3-4-11-8(12)7-2-1-6(10)5-13-7/h1-3,5-6,11,18,25-26,28,40-41H,4,7-10,12-17H2,(H,39,43);1-6,16,18,30H,7-10H2,(H,29,33)(H,31,32);6-7H,1-5,10H2,(H,11,12)/t18-,25-,26-,28-,32+;16-,18+,23+;6-,7+/m001/s1. The smallest absolute Gasteiger partial charge is 0.321 e. The Bertz CT molecular complexity index is 3360. The van der Waals surface area contributed by atoms with Crippen LogP contribution in [-0.2, 0) is 44.3 Å². The fraction of sp³-hybridized carbons (Fsp3) is 0.540. The lowest BCUT2D eigenvalue weighted by atomic mass is 9.46. The Balaban J connectivity index is 0.000000169. The lowest BCUT2D eigenvalue weighted by Gasteiger charge is -2.60. The number of Topliss-reactive ketones (excluding diaryl/α,β-unsaturated/α-hetero) is 1. The van der Waals surface area contributed by atoms with Crippen molar-refractivity contribution in [3.63, 3.8) is 0 Å². The quantitative estimate of drug-likeness (QED) is 0.0491. The number of carboxylic acid groups (broad SMARTS) is 1. The molecule has 2 aliphatic carbocycles. The molecular weight excluding hydrogens is 1280 g/mol. The second-order valence-corrected chi connectivity index (χ2v) is 26.9. The number of ketones is 1. The molecule has 3 amide bonds. The van der Waals surface area contributed by atoms with Gasteiger partial charge in [-0.3, -0.25) is 46.9 Å². The highest BCUT2D eigenvalue weighted by Crippen LogP contribution is 2.70. The second kappa shape index (κ2) is 26.9. The number of rotatable bonds is 16. The molecule has 9 N–H and O–H groups in total. The molecule has 27 heteroatoms. The number of carbonyl (C=O) groups is 5. The van der Waals surface area contributed by atoms with Crippen LogP contribution in [0.15, 0.2) is 72.8 Å². The molecule has 6 fully saturated rings. The van der Waals surface area contributed by atoms with Gasteiger partial charge in [0.25, 0.3) is 0 Å². The first kappa shape index (κ1) is 67.5. The first-order chi connectivity index (χ1) is 43.0. The van der Waals surface area contributed by atoms with E-state index in [1.807, 2.05) is 6.07 Å². The Kier molecular flexibility index (Phi) is 20.2. The molecule has 4 aromatic rings. The number of nitrogens with two attached hydrogens (primary N) is 1. The van der Waals surface area contributed by atoms with E-state index in [1.165, 1.54) is 30.3 Å². The molecule has 8 aliphatic rings. The summed E-state index contributed by atoms with van der Waals surface area (Å²) in [7, 11) is 0. The fourth-order valence-corrected chi connectivity index (χ4v) is 16.7. The van der Waals surface area contributed by atoms with Crippen LogP contribution in [0, 0.1) is 28.4 Å². The van der Waals surface area contributed by atoms with E-state index < -0.39 is 132 Å². The summed E-state index contributed by atoms with van der Waals surface area (Å²) < 4.78 is 123. The zero-order valence-electron chi connectivity index (χ0n) is 48.6. The Morgan fingerprint density at radius 3 is 1.66 bits per heavy atom. The van der Waals surface area contributed by atoms with Crippen molar-refractivity contribution in [3.05, 3.63) is 127 Å². The number of ether oxygens (including phenoxy) is 2. The molecule has 4 saturated heterocycles. The van der Waals surface area contributed by atoms with E-state index in [1.54, 1.807) is 36.4 Å². The van der Waals surface area contributed by atoms with Gasteiger partial charge in [-0.15, -0.1) is 0 Å². The number of fused-ring (bicyclic) bond motifs is 6. The van der Waals surface area contributed by atoms with Gasteiger partial charge in [0.15, 0.2) is 5.78 Å². The number of aliphatic carboxylic acids is 1. The Morgan fingerprint density at radius 1 is 0.633 bits per heavy atom. The summed E-state index contributed by atoms with van der Waals surface area (Å²) in [5.41, 5.74) is 0.688. The maximum atomic E-state index is 16.0. The van der Waals surface area contributed by atoms with Gasteiger partial charge in [0.1, 0.15) is 48.6 Å². The lowest BCUT2D eigenvalue weighted by Crippen LogP contribution is -2.70. The molecule has 15 nitrogen and oxygen atoms in total. The molecule has 6 heterocycles. The lowest BCUT2D eigenvalue weighted by molar-refractivity contribution is -0.140. The maximum Gasteiger partial charge on any atom is 0.321 e. The molecule has 488 valence electrons. The predicted molar refractivity (Wildman–Crippen MR) is 323 cm³/mol. The minimum atomic E-state index is -1.66. The number of anilines is 2. The van der Waals surface area contributed by atoms with Crippen molar-refractivity contribution in [2.24, 2.45) is 22.5 Å². The number of carbonyl (C=O) groups excluding carboxylic acids is 4. The van der Waals surface area contributed by atoms with E-state index in [9.17, 15) is 55.4 Å². The van der Waals surface area contributed by atoms with Gasteiger partial charge in [-0.2, -0.15) is 0 Å². The van der Waals surface area contributed by atoms with Gasteiger partial charge < -0.3 is 46.9 Å². The van der Waals surface area contributed by atoms with Gasteiger partial charge in [0.2, 0.25) is 17.7 Å². The van der Waals surface area contributed by atoms with Crippen LogP contribution in [0.2, 0.25) is 20.1 Å². The van der Waals surface area contributed by atoms with Crippen LogP contribution < -0.4 is 37.6 Å². The highest BCUT2D eigenvalue weighted by molar-refractivity contribution is 6.32. The van der Waals surface area contributed by atoms with E-state index in [-0.39, 0.29) is 103 Å². The molecular formula is C63H69Cl4F8N7O8. The van der Waals surface area contributed by atoms with E-state index in [0.717, 1.165) is 17.7 Å². The van der Waals surface area contributed by atoms with Gasteiger partial charge in [-0.1, -0.05) is 82.8 Å². The Hall–Kier alpha value is -5.37. The van der Waals surface area contributed by atoms with E-state index in [2.05, 4.69) is 31.9 Å².